The third-order valence-corrected chi connectivity index (χ3v) is 8.18. The maximum Gasteiger partial charge on any atom is 0.321 e. The summed E-state index contributed by atoms with van der Waals surface area (Å²) >= 11 is 0. The summed E-state index contributed by atoms with van der Waals surface area (Å²) in [7, 11) is 0. The van der Waals surface area contributed by atoms with Gasteiger partial charge in [-0.15, -0.1) is 0 Å². The first kappa shape index (κ1) is 30.4. The standard InChI is InChI=1S/C36H32F2N4O2/c37-31-13-7-25(8-14-31)11-17-33-35(43)34(18-12-26-9-15-32(38)16-10-26)42(24-30-6-2-4-28(20-30)22-40)36(44)41(33)23-29-5-1-3-27(19-29)21-39/h1-10,13-16,19-20,33-35,43H,11-12,17-18,23-24H2/t33-,34-/m1/s1. The van der Waals surface area contributed by atoms with Gasteiger partial charge in [0.05, 0.1) is 41.5 Å². The molecule has 0 aromatic heterocycles. The number of amides is 2. The van der Waals surface area contributed by atoms with E-state index in [0.717, 1.165) is 22.3 Å². The second-order valence-corrected chi connectivity index (χ2v) is 11.1. The number of rotatable bonds is 10. The molecule has 0 bridgehead atoms. The molecule has 5 rings (SSSR count). The molecule has 44 heavy (non-hydrogen) atoms. The van der Waals surface area contributed by atoms with E-state index in [1.807, 2.05) is 12.1 Å². The van der Waals surface area contributed by atoms with Crippen molar-refractivity contribution < 1.29 is 18.7 Å². The molecule has 1 fully saturated rings. The molecule has 0 aliphatic carbocycles. The Hall–Kier alpha value is -5.05. The minimum Gasteiger partial charge on any atom is -0.389 e. The number of aliphatic hydroxyl groups excluding tert-OH is 1. The van der Waals surface area contributed by atoms with Crippen LogP contribution >= 0.6 is 0 Å². The minimum atomic E-state index is -0.952. The number of benzene rings is 4. The number of nitriles is 2. The van der Waals surface area contributed by atoms with Crippen molar-refractivity contribution in [1.82, 2.24) is 9.80 Å². The van der Waals surface area contributed by atoms with Crippen LogP contribution in [0.5, 0.6) is 0 Å². The molecule has 1 N–H and O–H groups in total. The zero-order valence-electron chi connectivity index (χ0n) is 24.1. The van der Waals surface area contributed by atoms with E-state index in [9.17, 15) is 29.2 Å². The molecule has 4 aromatic carbocycles. The lowest BCUT2D eigenvalue weighted by Gasteiger charge is -2.49. The summed E-state index contributed by atoms with van der Waals surface area (Å²) in [6, 6.07) is 29.3. The Balaban J connectivity index is 1.49. The number of aryl methyl sites for hydroxylation is 2. The molecule has 0 saturated carbocycles. The average Bonchev–Trinajstić information content (AvgIpc) is 3.04. The van der Waals surface area contributed by atoms with Crippen LogP contribution in [0, 0.1) is 34.3 Å². The van der Waals surface area contributed by atoms with Gasteiger partial charge in [-0.1, -0.05) is 48.5 Å². The fourth-order valence-electron chi connectivity index (χ4n) is 5.90. The van der Waals surface area contributed by atoms with Gasteiger partial charge in [-0.2, -0.15) is 10.5 Å². The van der Waals surface area contributed by atoms with Gasteiger partial charge in [0.1, 0.15) is 11.6 Å². The van der Waals surface area contributed by atoms with Crippen LogP contribution in [0.2, 0.25) is 0 Å². The SMILES string of the molecule is N#Cc1cccc(CN2C(=O)N(Cc3cccc(C#N)c3)[C@H](CCc3ccc(F)cc3)C(O)[C@H]2CCc2ccc(F)cc2)c1. The zero-order valence-corrected chi connectivity index (χ0v) is 24.1. The summed E-state index contributed by atoms with van der Waals surface area (Å²) in [6.45, 7) is 0.359. The van der Waals surface area contributed by atoms with Crippen LogP contribution in [0.25, 0.3) is 0 Å². The largest absolute Gasteiger partial charge is 0.389 e. The third-order valence-electron chi connectivity index (χ3n) is 8.18. The summed E-state index contributed by atoms with van der Waals surface area (Å²) in [4.78, 5) is 17.8. The number of aliphatic hydroxyl groups is 1. The van der Waals surface area contributed by atoms with E-state index >= 15 is 0 Å². The molecule has 0 spiro atoms. The molecule has 2 amide bonds. The molecular formula is C36H32F2N4O2. The molecule has 8 heteroatoms. The molecule has 1 aliphatic rings. The lowest BCUT2D eigenvalue weighted by atomic mass is 9.88. The molecule has 6 nitrogen and oxygen atoms in total. The third kappa shape index (κ3) is 7.29. The summed E-state index contributed by atoms with van der Waals surface area (Å²) in [5.74, 6) is -0.671. The quantitative estimate of drug-likeness (QED) is 0.228. The van der Waals surface area contributed by atoms with Crippen LogP contribution in [-0.4, -0.2) is 39.1 Å². The van der Waals surface area contributed by atoms with Crippen molar-refractivity contribution in [3.05, 3.63) is 142 Å². The van der Waals surface area contributed by atoms with Gasteiger partial charge in [-0.05, 0) is 96.5 Å². The van der Waals surface area contributed by atoms with Gasteiger partial charge < -0.3 is 14.9 Å². The van der Waals surface area contributed by atoms with E-state index in [2.05, 4.69) is 12.1 Å². The van der Waals surface area contributed by atoms with Crippen LogP contribution in [0.15, 0.2) is 97.1 Å². The topological polar surface area (TPSA) is 91.4 Å². The average molecular weight is 591 g/mol. The van der Waals surface area contributed by atoms with Crippen LogP contribution in [0.4, 0.5) is 13.6 Å². The van der Waals surface area contributed by atoms with Gasteiger partial charge in [0.25, 0.3) is 0 Å². The highest BCUT2D eigenvalue weighted by Crippen LogP contribution is 2.32. The Kier molecular flexibility index (Phi) is 9.64. The summed E-state index contributed by atoms with van der Waals surface area (Å²) in [5.41, 5.74) is 4.22. The number of urea groups is 1. The molecule has 0 radical (unpaired) electrons. The van der Waals surface area contributed by atoms with Crippen LogP contribution in [-0.2, 0) is 25.9 Å². The van der Waals surface area contributed by atoms with Gasteiger partial charge in [0, 0.05) is 13.1 Å². The van der Waals surface area contributed by atoms with Gasteiger partial charge in [-0.25, -0.2) is 13.6 Å². The molecule has 0 unspecified atom stereocenters. The number of halogens is 2. The monoisotopic (exact) mass is 590 g/mol. The highest BCUT2D eigenvalue weighted by Gasteiger charge is 2.45. The zero-order chi connectivity index (χ0) is 31.1. The Morgan fingerprint density at radius 2 is 1.05 bits per heavy atom. The molecule has 222 valence electrons. The first-order valence-corrected chi connectivity index (χ1v) is 14.6. The van der Waals surface area contributed by atoms with Gasteiger partial charge in [-0.3, -0.25) is 0 Å². The summed E-state index contributed by atoms with van der Waals surface area (Å²) in [5, 5.41) is 30.9. The van der Waals surface area contributed by atoms with Crippen molar-refractivity contribution in [2.24, 2.45) is 0 Å². The van der Waals surface area contributed by atoms with E-state index in [1.165, 1.54) is 24.3 Å². The lowest BCUT2D eigenvalue weighted by molar-refractivity contribution is -0.0478. The minimum absolute atomic E-state index is 0.179. The fourth-order valence-corrected chi connectivity index (χ4v) is 5.90. The summed E-state index contributed by atoms with van der Waals surface area (Å²) < 4.78 is 27.1. The second kappa shape index (κ2) is 13.9. The first-order chi connectivity index (χ1) is 21.3. The Bertz CT molecular complexity index is 1560. The number of carbonyl (C=O) groups excluding carboxylic acids is 1. The molecule has 1 heterocycles. The maximum atomic E-state index is 14.4. The highest BCUT2D eigenvalue weighted by molar-refractivity contribution is 5.76. The van der Waals surface area contributed by atoms with Gasteiger partial charge in [0.15, 0.2) is 0 Å². The Morgan fingerprint density at radius 1 is 0.636 bits per heavy atom. The number of nitrogens with zero attached hydrogens (tertiary/aromatic N) is 4. The van der Waals surface area contributed by atoms with Crippen molar-refractivity contribution in [2.75, 3.05) is 0 Å². The summed E-state index contributed by atoms with van der Waals surface area (Å²) in [6.07, 6.45) is 0.937. The van der Waals surface area contributed by atoms with Crippen molar-refractivity contribution in [1.29, 1.82) is 10.5 Å². The van der Waals surface area contributed by atoms with Crippen molar-refractivity contribution in [3.63, 3.8) is 0 Å². The fraction of sp³-hybridized carbons (Fsp3) is 0.250. The number of hydrogen-bond donors (Lipinski definition) is 1. The Labute approximate surface area is 256 Å². The Morgan fingerprint density at radius 3 is 1.43 bits per heavy atom. The molecule has 1 saturated heterocycles. The van der Waals surface area contributed by atoms with Crippen molar-refractivity contribution in [3.8, 4) is 12.1 Å². The van der Waals surface area contributed by atoms with E-state index in [1.54, 1.807) is 70.5 Å². The normalized spacial score (nSPS) is 16.9. The van der Waals surface area contributed by atoms with Gasteiger partial charge >= 0.3 is 6.03 Å². The smallest absolute Gasteiger partial charge is 0.321 e. The van der Waals surface area contributed by atoms with Crippen molar-refractivity contribution >= 4 is 6.03 Å². The maximum absolute atomic E-state index is 14.4. The number of carbonyl (C=O) groups is 1. The van der Waals surface area contributed by atoms with Crippen LogP contribution in [0.1, 0.15) is 46.2 Å². The van der Waals surface area contributed by atoms with Crippen molar-refractivity contribution in [2.45, 2.75) is 57.0 Å². The van der Waals surface area contributed by atoms with Gasteiger partial charge in [0.2, 0.25) is 0 Å². The first-order valence-electron chi connectivity index (χ1n) is 14.6. The molecule has 2 atom stereocenters. The molecular weight excluding hydrogens is 558 g/mol. The number of hydrogen-bond acceptors (Lipinski definition) is 4. The van der Waals surface area contributed by atoms with E-state index < -0.39 is 18.2 Å². The van der Waals surface area contributed by atoms with E-state index in [4.69, 9.17) is 0 Å². The highest BCUT2D eigenvalue weighted by atomic mass is 19.1. The van der Waals surface area contributed by atoms with E-state index in [0.29, 0.717) is 36.8 Å². The molecule has 1 aliphatic heterocycles. The second-order valence-electron chi connectivity index (χ2n) is 11.1. The molecule has 4 aromatic rings. The van der Waals surface area contributed by atoms with E-state index in [-0.39, 0.29) is 30.8 Å². The predicted octanol–water partition coefficient (Wildman–Crippen LogP) is 6.51. The predicted molar refractivity (Wildman–Crippen MR) is 162 cm³/mol. The van der Waals surface area contributed by atoms with Crippen LogP contribution in [0.3, 0.4) is 0 Å². The van der Waals surface area contributed by atoms with Crippen LogP contribution < -0.4 is 0 Å². The lowest BCUT2D eigenvalue weighted by Crippen LogP contribution is -2.65.